The van der Waals surface area contributed by atoms with Crippen LogP contribution in [0.1, 0.15) is 70.7 Å². The molecule has 2 aromatic carbocycles. The van der Waals surface area contributed by atoms with E-state index < -0.39 is 17.7 Å². The highest BCUT2D eigenvalue weighted by Gasteiger charge is 2.45. The number of hydrogen-bond donors (Lipinski definition) is 1. The minimum atomic E-state index is -0.685. The van der Waals surface area contributed by atoms with Crippen molar-refractivity contribution >= 4 is 29.1 Å². The molecule has 6 nitrogen and oxygen atoms in total. The van der Waals surface area contributed by atoms with Crippen molar-refractivity contribution in [3.8, 4) is 5.75 Å². The molecule has 1 amide bonds. The molecule has 2 aromatic rings. The minimum Gasteiger partial charge on any atom is -0.507 e. The number of ether oxygens (including phenoxy) is 1. The van der Waals surface area contributed by atoms with Crippen LogP contribution in [0.2, 0.25) is 5.02 Å². The number of aliphatic hydroxyl groups excluding tert-OH is 1. The molecule has 1 atom stereocenters. The number of halogens is 1. The van der Waals surface area contributed by atoms with Gasteiger partial charge in [-0.15, -0.1) is 0 Å². The van der Waals surface area contributed by atoms with E-state index in [2.05, 4.69) is 39.5 Å². The van der Waals surface area contributed by atoms with Crippen LogP contribution < -0.4 is 4.74 Å². The van der Waals surface area contributed by atoms with Gasteiger partial charge in [0, 0.05) is 12.1 Å². The number of carbonyl (C=O) groups excluding carboxylic acids is 2. The third kappa shape index (κ3) is 6.36. The molecule has 0 unspecified atom stereocenters. The average Bonchev–Trinajstić information content (AvgIpc) is 3.12. The van der Waals surface area contributed by atoms with E-state index in [1.54, 1.807) is 23.1 Å². The summed E-state index contributed by atoms with van der Waals surface area (Å²) in [5, 5.41) is 11.7. The van der Waals surface area contributed by atoms with Gasteiger partial charge in [0.2, 0.25) is 0 Å². The predicted octanol–water partition coefficient (Wildman–Crippen LogP) is 6.19. The SMILES string of the molecule is CCOc1ccc(C(O)=C2C(=O)C(=O)N(CCCN(CC)CC)[C@H]2c2ccc(C(C)(C)C)cc2)cc1Cl. The van der Waals surface area contributed by atoms with E-state index >= 15 is 0 Å². The summed E-state index contributed by atoms with van der Waals surface area (Å²) in [6.07, 6.45) is 0.722. The number of benzene rings is 2. The van der Waals surface area contributed by atoms with Gasteiger partial charge in [-0.1, -0.05) is 70.5 Å². The fourth-order valence-electron chi connectivity index (χ4n) is 4.70. The van der Waals surface area contributed by atoms with Crippen LogP contribution in [-0.4, -0.2) is 59.4 Å². The smallest absolute Gasteiger partial charge is 0.295 e. The van der Waals surface area contributed by atoms with Crippen LogP contribution in [-0.2, 0) is 15.0 Å². The molecular formula is C30H39ClN2O4. The van der Waals surface area contributed by atoms with Crippen molar-refractivity contribution in [2.24, 2.45) is 0 Å². The van der Waals surface area contributed by atoms with Crippen molar-refractivity contribution in [2.75, 3.05) is 32.8 Å². The van der Waals surface area contributed by atoms with Gasteiger partial charge in [0.05, 0.1) is 23.2 Å². The Morgan fingerprint density at radius 3 is 2.24 bits per heavy atom. The molecule has 1 saturated heterocycles. The van der Waals surface area contributed by atoms with Gasteiger partial charge >= 0.3 is 0 Å². The molecule has 37 heavy (non-hydrogen) atoms. The maximum atomic E-state index is 13.3. The molecule has 3 rings (SSSR count). The van der Waals surface area contributed by atoms with Gasteiger partial charge in [0.15, 0.2) is 0 Å². The Hall–Kier alpha value is -2.83. The molecule has 1 N–H and O–H groups in total. The highest BCUT2D eigenvalue weighted by Crippen LogP contribution is 2.41. The fourth-order valence-corrected chi connectivity index (χ4v) is 4.94. The summed E-state index contributed by atoms with van der Waals surface area (Å²) in [7, 11) is 0. The first-order chi connectivity index (χ1) is 17.5. The molecule has 0 saturated carbocycles. The van der Waals surface area contributed by atoms with E-state index in [0.29, 0.717) is 29.5 Å². The zero-order valence-corrected chi connectivity index (χ0v) is 23.6. The Bertz CT molecular complexity index is 1150. The van der Waals surface area contributed by atoms with Gasteiger partial charge in [-0.25, -0.2) is 0 Å². The summed E-state index contributed by atoms with van der Waals surface area (Å²) >= 11 is 6.37. The molecular weight excluding hydrogens is 488 g/mol. The lowest BCUT2D eigenvalue weighted by atomic mass is 9.85. The largest absolute Gasteiger partial charge is 0.507 e. The second-order valence-electron chi connectivity index (χ2n) is 10.3. The minimum absolute atomic E-state index is 0.0385. The number of carbonyl (C=O) groups is 2. The molecule has 1 heterocycles. The summed E-state index contributed by atoms with van der Waals surface area (Å²) in [5.74, 6) is -1.02. The number of Topliss-reactive ketones (excluding diaryl/α,β-unsaturated/α-hetero) is 1. The lowest BCUT2D eigenvalue weighted by Gasteiger charge is -2.27. The first kappa shape index (κ1) is 28.7. The van der Waals surface area contributed by atoms with E-state index in [-0.39, 0.29) is 16.7 Å². The van der Waals surface area contributed by atoms with Crippen LogP contribution in [0.25, 0.3) is 5.76 Å². The van der Waals surface area contributed by atoms with Gasteiger partial charge in [0.25, 0.3) is 11.7 Å². The van der Waals surface area contributed by atoms with Crippen LogP contribution >= 0.6 is 11.6 Å². The zero-order valence-electron chi connectivity index (χ0n) is 22.8. The maximum Gasteiger partial charge on any atom is 0.295 e. The second-order valence-corrected chi connectivity index (χ2v) is 10.7. The summed E-state index contributed by atoms with van der Waals surface area (Å²) in [4.78, 5) is 30.5. The van der Waals surface area contributed by atoms with Crippen LogP contribution in [0, 0.1) is 0 Å². The fraction of sp³-hybridized carbons (Fsp3) is 0.467. The van der Waals surface area contributed by atoms with Crippen molar-refractivity contribution < 1.29 is 19.4 Å². The summed E-state index contributed by atoms with van der Waals surface area (Å²) in [6, 6.07) is 12.2. The van der Waals surface area contributed by atoms with Gasteiger partial charge in [-0.05, 0) is 67.7 Å². The zero-order chi connectivity index (χ0) is 27.3. The Balaban J connectivity index is 2.07. The third-order valence-corrected chi connectivity index (χ3v) is 7.20. The molecule has 1 aliphatic rings. The highest BCUT2D eigenvalue weighted by atomic mass is 35.5. The molecule has 0 spiro atoms. The monoisotopic (exact) mass is 526 g/mol. The van der Waals surface area contributed by atoms with Crippen molar-refractivity contribution in [1.82, 2.24) is 9.80 Å². The summed E-state index contributed by atoms with van der Waals surface area (Å²) in [6.45, 7) is 16.0. The van der Waals surface area contributed by atoms with E-state index in [1.165, 1.54) is 0 Å². The highest BCUT2D eigenvalue weighted by molar-refractivity contribution is 6.46. The number of ketones is 1. The Morgan fingerprint density at radius 1 is 1.05 bits per heavy atom. The third-order valence-electron chi connectivity index (χ3n) is 6.91. The first-order valence-electron chi connectivity index (χ1n) is 13.1. The number of rotatable bonds is 10. The van der Waals surface area contributed by atoms with E-state index in [4.69, 9.17) is 16.3 Å². The van der Waals surface area contributed by atoms with Crippen molar-refractivity contribution in [2.45, 2.75) is 59.4 Å². The quantitative estimate of drug-likeness (QED) is 0.227. The molecule has 1 fully saturated rings. The molecule has 7 heteroatoms. The van der Waals surface area contributed by atoms with Gasteiger partial charge in [0.1, 0.15) is 11.5 Å². The number of hydrogen-bond acceptors (Lipinski definition) is 5. The van der Waals surface area contributed by atoms with Gasteiger partial charge < -0.3 is 19.6 Å². The number of nitrogens with zero attached hydrogens (tertiary/aromatic N) is 2. The summed E-state index contributed by atoms with van der Waals surface area (Å²) in [5.41, 5.74) is 2.34. The number of amides is 1. The second kappa shape index (κ2) is 12.1. The van der Waals surface area contributed by atoms with Crippen molar-refractivity contribution in [1.29, 1.82) is 0 Å². The molecule has 0 radical (unpaired) electrons. The Labute approximate surface area is 225 Å². The lowest BCUT2D eigenvalue weighted by molar-refractivity contribution is -0.140. The van der Waals surface area contributed by atoms with Crippen LogP contribution in [0.4, 0.5) is 0 Å². The van der Waals surface area contributed by atoms with Crippen LogP contribution in [0.3, 0.4) is 0 Å². The molecule has 0 aliphatic carbocycles. The van der Waals surface area contributed by atoms with Gasteiger partial charge in [-0.2, -0.15) is 0 Å². The van der Waals surface area contributed by atoms with E-state index in [0.717, 1.165) is 37.2 Å². The number of aliphatic hydroxyl groups is 1. The van der Waals surface area contributed by atoms with Crippen LogP contribution in [0.15, 0.2) is 48.0 Å². The standard InChI is InChI=1S/C30H39ClN2O4/c1-7-32(8-2)17-10-18-33-26(20-11-14-22(15-12-20)30(4,5)6)25(28(35)29(33)36)27(34)21-13-16-24(37-9-3)23(31)19-21/h11-16,19,26,34H,7-10,17-18H2,1-6H3/t26-/m0/s1. The topological polar surface area (TPSA) is 70.1 Å². The van der Waals surface area contributed by atoms with E-state index in [9.17, 15) is 14.7 Å². The van der Waals surface area contributed by atoms with E-state index in [1.807, 2.05) is 31.2 Å². The lowest BCUT2D eigenvalue weighted by Crippen LogP contribution is -2.33. The Morgan fingerprint density at radius 2 is 1.70 bits per heavy atom. The van der Waals surface area contributed by atoms with Crippen molar-refractivity contribution in [3.05, 3.63) is 69.8 Å². The molecule has 1 aliphatic heterocycles. The molecule has 200 valence electrons. The number of likely N-dealkylation sites (tertiary alicyclic amines) is 1. The summed E-state index contributed by atoms with van der Waals surface area (Å²) < 4.78 is 5.50. The Kier molecular flexibility index (Phi) is 9.43. The normalized spacial score (nSPS) is 17.6. The molecule has 0 bridgehead atoms. The van der Waals surface area contributed by atoms with Gasteiger partial charge in [-0.3, -0.25) is 9.59 Å². The average molecular weight is 527 g/mol. The first-order valence-corrected chi connectivity index (χ1v) is 13.4. The van der Waals surface area contributed by atoms with Crippen LogP contribution in [0.5, 0.6) is 5.75 Å². The van der Waals surface area contributed by atoms with Crippen molar-refractivity contribution in [3.63, 3.8) is 0 Å². The molecule has 0 aromatic heterocycles. The predicted molar refractivity (Wildman–Crippen MR) is 149 cm³/mol. The maximum absolute atomic E-state index is 13.3.